The summed E-state index contributed by atoms with van der Waals surface area (Å²) >= 11 is 12.4. The normalized spacial score (nSPS) is 12.6. The first-order chi connectivity index (χ1) is 17.0. The third kappa shape index (κ3) is 8.47. The molecule has 0 saturated heterocycles. The first kappa shape index (κ1) is 30.1. The van der Waals surface area contributed by atoms with Crippen LogP contribution in [0.1, 0.15) is 45.6 Å². The molecule has 2 rings (SSSR count). The van der Waals surface area contributed by atoms with E-state index in [2.05, 4.69) is 5.32 Å². The molecule has 0 aliphatic rings. The third-order valence-electron chi connectivity index (χ3n) is 5.74. The zero-order chi connectivity index (χ0) is 26.9. The minimum atomic E-state index is -3.65. The van der Waals surface area contributed by atoms with Gasteiger partial charge < -0.3 is 10.2 Å². The highest BCUT2D eigenvalue weighted by Gasteiger charge is 2.29. The van der Waals surface area contributed by atoms with E-state index in [9.17, 15) is 18.0 Å². The molecule has 0 radical (unpaired) electrons. The quantitative estimate of drug-likeness (QED) is 0.377. The summed E-state index contributed by atoms with van der Waals surface area (Å²) in [5.41, 5.74) is 0.674. The summed E-state index contributed by atoms with van der Waals surface area (Å²) in [5.74, 6) is -0.213. The lowest BCUT2D eigenvalue weighted by Gasteiger charge is -2.31. The number of benzene rings is 2. The van der Waals surface area contributed by atoms with Gasteiger partial charge >= 0.3 is 0 Å². The predicted molar refractivity (Wildman–Crippen MR) is 144 cm³/mol. The largest absolute Gasteiger partial charge is 0.354 e. The Bertz CT molecular complexity index is 1130. The number of nitrogens with one attached hydrogen (secondary N) is 1. The van der Waals surface area contributed by atoms with E-state index >= 15 is 0 Å². The molecule has 2 amide bonds. The van der Waals surface area contributed by atoms with Crippen molar-refractivity contribution in [3.05, 3.63) is 64.1 Å². The molecule has 0 heterocycles. The molecule has 36 heavy (non-hydrogen) atoms. The molecule has 1 N–H and O–H groups in total. The maximum absolute atomic E-state index is 13.4. The van der Waals surface area contributed by atoms with Gasteiger partial charge in [0.2, 0.25) is 21.8 Å². The van der Waals surface area contributed by atoms with Crippen LogP contribution < -0.4 is 5.32 Å². The highest BCUT2D eigenvalue weighted by molar-refractivity contribution is 7.89. The Morgan fingerprint density at radius 1 is 1.06 bits per heavy atom. The van der Waals surface area contributed by atoms with Crippen molar-refractivity contribution in [2.24, 2.45) is 5.92 Å². The maximum atomic E-state index is 13.4. The molecule has 7 nitrogen and oxygen atoms in total. The number of sulfonamides is 1. The van der Waals surface area contributed by atoms with Gasteiger partial charge in [-0.3, -0.25) is 9.59 Å². The number of carbonyl (C=O) groups excluding carboxylic acids is 2. The molecule has 2 aromatic carbocycles. The summed E-state index contributed by atoms with van der Waals surface area (Å²) in [7, 11) is -2.16. The molecule has 0 bridgehead atoms. The van der Waals surface area contributed by atoms with Crippen LogP contribution >= 0.6 is 23.2 Å². The lowest BCUT2D eigenvalue weighted by Crippen LogP contribution is -2.49. The van der Waals surface area contributed by atoms with Crippen molar-refractivity contribution in [2.45, 2.75) is 57.5 Å². The zero-order valence-corrected chi connectivity index (χ0v) is 23.5. The predicted octanol–water partition coefficient (Wildman–Crippen LogP) is 4.97. The second-order valence-corrected chi connectivity index (χ2v) is 12.0. The summed E-state index contributed by atoms with van der Waals surface area (Å²) in [5, 5.41) is 3.80. The molecule has 1 unspecified atom stereocenters. The van der Waals surface area contributed by atoms with Gasteiger partial charge in [0.05, 0.1) is 4.90 Å². The summed E-state index contributed by atoms with van der Waals surface area (Å²) < 4.78 is 26.8. The van der Waals surface area contributed by atoms with Crippen molar-refractivity contribution in [3.8, 4) is 0 Å². The number of nitrogens with zero attached hydrogens (tertiary/aromatic N) is 2. The van der Waals surface area contributed by atoms with Crippen LogP contribution in [0.5, 0.6) is 0 Å². The van der Waals surface area contributed by atoms with Gasteiger partial charge in [-0.2, -0.15) is 0 Å². The number of hydrogen-bond donors (Lipinski definition) is 1. The Hall–Kier alpha value is -2.13. The Kier molecular flexibility index (Phi) is 11.7. The van der Waals surface area contributed by atoms with Crippen molar-refractivity contribution < 1.29 is 18.0 Å². The monoisotopic (exact) mass is 555 g/mol. The standard InChI is InChI=1S/C26H35Cl2N3O4S/c1-5-24(26(33)29-17-19(2)3)31(18-20-13-14-21(27)16-23(20)28)25(32)12-9-15-30(4)36(34,35)22-10-7-6-8-11-22/h6-8,10-11,13-14,16,19,24H,5,9,12,15,17-18H2,1-4H3,(H,29,33). The van der Waals surface area contributed by atoms with Crippen LogP contribution in [0.4, 0.5) is 0 Å². The number of carbonyl (C=O) groups is 2. The van der Waals surface area contributed by atoms with E-state index in [1.807, 2.05) is 20.8 Å². The summed E-state index contributed by atoms with van der Waals surface area (Å²) in [6.45, 7) is 6.65. The fourth-order valence-corrected chi connectivity index (χ4v) is 5.36. The van der Waals surface area contributed by atoms with Gasteiger partial charge in [-0.15, -0.1) is 0 Å². The summed E-state index contributed by atoms with van der Waals surface area (Å²) in [6.07, 6.45) is 0.799. The first-order valence-corrected chi connectivity index (χ1v) is 14.2. The molecule has 1 atom stereocenters. The minimum absolute atomic E-state index is 0.0772. The molecule has 0 aromatic heterocycles. The smallest absolute Gasteiger partial charge is 0.242 e. The highest BCUT2D eigenvalue weighted by atomic mass is 35.5. The number of amides is 2. The minimum Gasteiger partial charge on any atom is -0.354 e. The Labute approximate surface area is 224 Å². The maximum Gasteiger partial charge on any atom is 0.242 e. The van der Waals surface area contributed by atoms with Gasteiger partial charge in [-0.05, 0) is 48.6 Å². The van der Waals surface area contributed by atoms with Crippen LogP contribution in [0.3, 0.4) is 0 Å². The molecule has 0 aliphatic heterocycles. The second-order valence-electron chi connectivity index (χ2n) is 9.06. The van der Waals surface area contributed by atoms with Crippen molar-refractivity contribution in [1.29, 1.82) is 0 Å². The van der Waals surface area contributed by atoms with Gasteiger partial charge in [0, 0.05) is 43.1 Å². The van der Waals surface area contributed by atoms with E-state index in [-0.39, 0.29) is 42.1 Å². The lowest BCUT2D eigenvalue weighted by molar-refractivity contribution is -0.141. The third-order valence-corrected chi connectivity index (χ3v) is 8.20. The SMILES string of the molecule is CCC(C(=O)NCC(C)C)N(Cc1ccc(Cl)cc1Cl)C(=O)CCCN(C)S(=O)(=O)c1ccccc1. The van der Waals surface area contributed by atoms with Crippen LogP contribution in [-0.4, -0.2) is 55.6 Å². The van der Waals surface area contributed by atoms with E-state index in [0.29, 0.717) is 35.0 Å². The van der Waals surface area contributed by atoms with Gasteiger partial charge in [0.25, 0.3) is 0 Å². The Morgan fingerprint density at radius 2 is 1.72 bits per heavy atom. The molecule has 198 valence electrons. The lowest BCUT2D eigenvalue weighted by atomic mass is 10.1. The Balaban J connectivity index is 2.16. The van der Waals surface area contributed by atoms with Crippen molar-refractivity contribution in [1.82, 2.24) is 14.5 Å². The zero-order valence-electron chi connectivity index (χ0n) is 21.2. The molecule has 10 heteroatoms. The molecule has 0 aliphatic carbocycles. The van der Waals surface area contributed by atoms with E-state index in [1.54, 1.807) is 36.4 Å². The van der Waals surface area contributed by atoms with Crippen LogP contribution in [0.15, 0.2) is 53.4 Å². The molecule has 0 spiro atoms. The average Bonchev–Trinajstić information content (AvgIpc) is 2.84. The summed E-state index contributed by atoms with van der Waals surface area (Å²) in [6, 6.07) is 12.5. The highest BCUT2D eigenvalue weighted by Crippen LogP contribution is 2.24. The molecular weight excluding hydrogens is 521 g/mol. The average molecular weight is 557 g/mol. The van der Waals surface area contributed by atoms with E-state index < -0.39 is 16.1 Å². The topological polar surface area (TPSA) is 86.8 Å². The number of halogens is 2. The molecular formula is C26H35Cl2N3O4S. The van der Waals surface area contributed by atoms with E-state index in [0.717, 1.165) is 0 Å². The van der Waals surface area contributed by atoms with Crippen molar-refractivity contribution in [2.75, 3.05) is 20.1 Å². The van der Waals surface area contributed by atoms with E-state index in [4.69, 9.17) is 23.2 Å². The van der Waals surface area contributed by atoms with Crippen molar-refractivity contribution in [3.63, 3.8) is 0 Å². The van der Waals surface area contributed by atoms with Gasteiger partial charge in [-0.25, -0.2) is 12.7 Å². The van der Waals surface area contributed by atoms with Crippen LogP contribution in [0, 0.1) is 5.92 Å². The molecule has 0 saturated carbocycles. The molecule has 0 fully saturated rings. The van der Waals surface area contributed by atoms with Crippen molar-refractivity contribution >= 4 is 45.0 Å². The van der Waals surface area contributed by atoms with Gasteiger partial charge in [0.1, 0.15) is 6.04 Å². The second kappa shape index (κ2) is 14.0. The fraction of sp³-hybridized carbons (Fsp3) is 0.462. The van der Waals surface area contributed by atoms with Crippen LogP contribution in [-0.2, 0) is 26.2 Å². The van der Waals surface area contributed by atoms with E-state index in [1.165, 1.54) is 28.4 Å². The Morgan fingerprint density at radius 3 is 2.31 bits per heavy atom. The van der Waals surface area contributed by atoms with Crippen LogP contribution in [0.2, 0.25) is 10.0 Å². The number of rotatable bonds is 13. The first-order valence-electron chi connectivity index (χ1n) is 12.0. The van der Waals surface area contributed by atoms with Gasteiger partial charge in [-0.1, -0.05) is 68.2 Å². The number of hydrogen-bond acceptors (Lipinski definition) is 4. The fourth-order valence-electron chi connectivity index (χ4n) is 3.66. The molecule has 2 aromatic rings. The van der Waals surface area contributed by atoms with Crippen LogP contribution in [0.25, 0.3) is 0 Å². The van der Waals surface area contributed by atoms with Gasteiger partial charge in [0.15, 0.2) is 0 Å². The summed E-state index contributed by atoms with van der Waals surface area (Å²) in [4.78, 5) is 28.1.